The van der Waals surface area contributed by atoms with Crippen LogP contribution in [0.4, 0.5) is 5.82 Å². The molecule has 2 fully saturated rings. The third kappa shape index (κ3) is 5.32. The summed E-state index contributed by atoms with van der Waals surface area (Å²) in [7, 11) is 1.66. The first-order valence-corrected chi connectivity index (χ1v) is 12.4. The molecule has 0 radical (unpaired) electrons. The van der Waals surface area contributed by atoms with Crippen molar-refractivity contribution in [2.75, 3.05) is 32.1 Å². The zero-order valence-electron chi connectivity index (χ0n) is 20.4. The van der Waals surface area contributed by atoms with Gasteiger partial charge in [-0.1, -0.05) is 30.3 Å². The summed E-state index contributed by atoms with van der Waals surface area (Å²) in [5.41, 5.74) is 1.99. The third-order valence-electron chi connectivity index (χ3n) is 7.10. The maximum Gasteiger partial charge on any atom is 0.234 e. The molecule has 8 heteroatoms. The Balaban J connectivity index is 1.31. The fourth-order valence-corrected chi connectivity index (χ4v) is 5.14. The summed E-state index contributed by atoms with van der Waals surface area (Å²) < 4.78 is 12.1. The highest BCUT2D eigenvalue weighted by atomic mass is 16.5. The first-order valence-electron chi connectivity index (χ1n) is 12.4. The van der Waals surface area contributed by atoms with Gasteiger partial charge >= 0.3 is 0 Å². The van der Waals surface area contributed by atoms with E-state index in [0.29, 0.717) is 24.1 Å². The van der Waals surface area contributed by atoms with Crippen molar-refractivity contribution in [1.82, 2.24) is 20.2 Å². The Kier molecular flexibility index (Phi) is 6.99. The fraction of sp³-hybridized carbons (Fsp3) is 0.444. The van der Waals surface area contributed by atoms with Crippen LogP contribution < -0.4 is 20.1 Å². The van der Waals surface area contributed by atoms with Gasteiger partial charge in [0.15, 0.2) is 11.5 Å². The van der Waals surface area contributed by atoms with Gasteiger partial charge in [-0.25, -0.2) is 9.97 Å². The van der Waals surface area contributed by atoms with Crippen molar-refractivity contribution < 1.29 is 14.3 Å². The molecule has 2 aromatic carbocycles. The second-order valence-corrected chi connectivity index (χ2v) is 9.39. The van der Waals surface area contributed by atoms with Crippen molar-refractivity contribution >= 4 is 22.6 Å². The van der Waals surface area contributed by atoms with E-state index in [1.807, 2.05) is 30.3 Å². The molecule has 5 rings (SSSR count). The quantitative estimate of drug-likeness (QED) is 0.535. The van der Waals surface area contributed by atoms with E-state index in [1.165, 1.54) is 5.56 Å². The number of aromatic nitrogens is 2. The molecular formula is C27H33N5O3. The minimum Gasteiger partial charge on any atom is -0.493 e. The number of ether oxygens (including phenoxy) is 2. The summed E-state index contributed by atoms with van der Waals surface area (Å²) in [6.07, 6.45) is 5.64. The van der Waals surface area contributed by atoms with Gasteiger partial charge in [0.05, 0.1) is 25.3 Å². The van der Waals surface area contributed by atoms with Gasteiger partial charge in [-0.3, -0.25) is 9.69 Å². The van der Waals surface area contributed by atoms with Crippen LogP contribution in [-0.2, 0) is 4.79 Å². The maximum atomic E-state index is 11.8. The first-order chi connectivity index (χ1) is 17.1. The summed E-state index contributed by atoms with van der Waals surface area (Å²) in [6, 6.07) is 14.8. The largest absolute Gasteiger partial charge is 0.493 e. The van der Waals surface area contributed by atoms with Gasteiger partial charge in [0.25, 0.3) is 0 Å². The van der Waals surface area contributed by atoms with Gasteiger partial charge in [-0.15, -0.1) is 0 Å². The van der Waals surface area contributed by atoms with Crippen LogP contribution in [0.25, 0.3) is 10.9 Å². The van der Waals surface area contributed by atoms with Crippen molar-refractivity contribution in [3.63, 3.8) is 0 Å². The van der Waals surface area contributed by atoms with Crippen LogP contribution in [0, 0.1) is 0 Å². The number of fused-ring (bicyclic) bond motifs is 1. The van der Waals surface area contributed by atoms with E-state index in [9.17, 15) is 4.79 Å². The second-order valence-electron chi connectivity index (χ2n) is 9.39. The highest BCUT2D eigenvalue weighted by Crippen LogP contribution is 2.37. The average Bonchev–Trinajstić information content (AvgIpc) is 2.89. The molecule has 2 aliphatic rings. The summed E-state index contributed by atoms with van der Waals surface area (Å²) in [6.45, 7) is 4.29. The Morgan fingerprint density at radius 2 is 1.89 bits per heavy atom. The molecule has 1 aliphatic carbocycles. The summed E-state index contributed by atoms with van der Waals surface area (Å²) in [5, 5.41) is 7.34. The van der Waals surface area contributed by atoms with Gasteiger partial charge in [-0.2, -0.15) is 0 Å². The van der Waals surface area contributed by atoms with E-state index in [1.54, 1.807) is 13.4 Å². The molecule has 8 nitrogen and oxygen atoms in total. The lowest BCUT2D eigenvalue weighted by Crippen LogP contribution is -2.52. The molecule has 1 saturated carbocycles. The van der Waals surface area contributed by atoms with Gasteiger partial charge in [-0.05, 0) is 44.2 Å². The number of carbonyl (C=O) groups excluding carboxylic acids is 1. The molecule has 35 heavy (non-hydrogen) atoms. The van der Waals surface area contributed by atoms with Crippen molar-refractivity contribution in [3.8, 4) is 11.5 Å². The zero-order chi connectivity index (χ0) is 24.2. The van der Waals surface area contributed by atoms with Crippen LogP contribution in [0.2, 0.25) is 0 Å². The van der Waals surface area contributed by atoms with Crippen LogP contribution in [0.3, 0.4) is 0 Å². The summed E-state index contributed by atoms with van der Waals surface area (Å²) >= 11 is 0. The molecule has 1 atom stereocenters. The standard InChI is InChI=1S/C27H33N5O3/c1-18(19-6-4-3-5-7-19)31-27-22-14-25(24(34-2)15-23(22)29-17-30-27)35-21-10-8-20(9-11-21)32-13-12-28-26(33)16-32/h3-7,14-15,17-18,20-21H,8-13,16H2,1-2H3,(H,28,33)(H,29,30,31)/t18-,20-,21-/m1/s1. The molecule has 2 N–H and O–H groups in total. The number of rotatable bonds is 7. The van der Waals surface area contributed by atoms with E-state index >= 15 is 0 Å². The summed E-state index contributed by atoms with van der Waals surface area (Å²) in [4.78, 5) is 23.1. The highest BCUT2D eigenvalue weighted by molar-refractivity contribution is 5.91. The molecule has 2 heterocycles. The second kappa shape index (κ2) is 10.5. The van der Waals surface area contributed by atoms with E-state index in [4.69, 9.17) is 9.47 Å². The number of methoxy groups -OCH3 is 1. The number of nitrogens with one attached hydrogen (secondary N) is 2. The molecule has 0 bridgehead atoms. The van der Waals surface area contributed by atoms with E-state index < -0.39 is 0 Å². The van der Waals surface area contributed by atoms with Crippen LogP contribution >= 0.6 is 0 Å². The van der Waals surface area contributed by atoms with Crippen LogP contribution in [0.1, 0.15) is 44.2 Å². The predicted molar refractivity (Wildman–Crippen MR) is 136 cm³/mol. The average molecular weight is 476 g/mol. The lowest BCUT2D eigenvalue weighted by atomic mass is 9.91. The number of piperazine rings is 1. The molecule has 0 spiro atoms. The zero-order valence-corrected chi connectivity index (χ0v) is 20.4. The Hall–Kier alpha value is -3.39. The van der Waals surface area contributed by atoms with Crippen LogP contribution in [0.15, 0.2) is 48.8 Å². The van der Waals surface area contributed by atoms with Gasteiger partial charge in [0.2, 0.25) is 5.91 Å². The van der Waals surface area contributed by atoms with Gasteiger partial charge in [0, 0.05) is 36.6 Å². The minimum atomic E-state index is 0.0907. The number of hydrogen-bond acceptors (Lipinski definition) is 7. The Morgan fingerprint density at radius 3 is 2.63 bits per heavy atom. The van der Waals surface area contributed by atoms with E-state index in [-0.39, 0.29) is 18.1 Å². The first kappa shape index (κ1) is 23.4. The van der Waals surface area contributed by atoms with E-state index in [2.05, 4.69) is 44.6 Å². The predicted octanol–water partition coefficient (Wildman–Crippen LogP) is 3.93. The summed E-state index contributed by atoms with van der Waals surface area (Å²) in [5.74, 6) is 2.29. The number of carbonyl (C=O) groups is 1. The highest BCUT2D eigenvalue weighted by Gasteiger charge is 2.30. The molecule has 184 valence electrons. The monoisotopic (exact) mass is 475 g/mol. The maximum absolute atomic E-state index is 11.8. The van der Waals surface area contributed by atoms with Crippen molar-refractivity contribution in [2.45, 2.75) is 50.8 Å². The smallest absolute Gasteiger partial charge is 0.234 e. The molecule has 1 aromatic heterocycles. The molecular weight excluding hydrogens is 442 g/mol. The Morgan fingerprint density at radius 1 is 1.09 bits per heavy atom. The van der Waals surface area contributed by atoms with Crippen molar-refractivity contribution in [3.05, 3.63) is 54.4 Å². The number of amides is 1. The van der Waals surface area contributed by atoms with Gasteiger partial charge in [0.1, 0.15) is 12.1 Å². The lowest BCUT2D eigenvalue weighted by molar-refractivity contribution is -0.125. The Labute approximate surface area is 206 Å². The van der Waals surface area contributed by atoms with Gasteiger partial charge < -0.3 is 20.1 Å². The topological polar surface area (TPSA) is 88.6 Å². The van der Waals surface area contributed by atoms with Crippen LogP contribution in [-0.4, -0.2) is 59.7 Å². The van der Waals surface area contributed by atoms with Crippen molar-refractivity contribution in [2.24, 2.45) is 0 Å². The molecule has 3 aromatic rings. The minimum absolute atomic E-state index is 0.0907. The molecule has 1 saturated heterocycles. The fourth-order valence-electron chi connectivity index (χ4n) is 5.14. The molecule has 1 aliphatic heterocycles. The third-order valence-corrected chi connectivity index (χ3v) is 7.10. The number of benzene rings is 2. The Bertz CT molecular complexity index is 1160. The normalized spacial score (nSPS) is 21.8. The van der Waals surface area contributed by atoms with E-state index in [0.717, 1.165) is 55.5 Å². The molecule has 1 amide bonds. The number of hydrogen-bond donors (Lipinski definition) is 2. The lowest BCUT2D eigenvalue weighted by Gasteiger charge is -2.38. The van der Waals surface area contributed by atoms with Crippen LogP contribution in [0.5, 0.6) is 11.5 Å². The SMILES string of the molecule is COc1cc2ncnc(N[C@H](C)c3ccccc3)c2cc1O[C@H]1CC[C@H](N2CCNC(=O)C2)CC1. The number of anilines is 1. The molecule has 0 unspecified atom stereocenters. The van der Waals surface area contributed by atoms with Crippen molar-refractivity contribution in [1.29, 1.82) is 0 Å². The number of nitrogens with zero attached hydrogens (tertiary/aromatic N) is 3.